The van der Waals surface area contributed by atoms with E-state index in [-0.39, 0.29) is 49.5 Å². The zero-order chi connectivity index (χ0) is 58.4. The summed E-state index contributed by atoms with van der Waals surface area (Å²) >= 11 is 0. The van der Waals surface area contributed by atoms with Crippen molar-refractivity contribution in [2.45, 2.75) is 94.8 Å². The molecule has 6 heterocycles. The number of amides is 6. The van der Waals surface area contributed by atoms with Gasteiger partial charge in [0.1, 0.15) is 30.8 Å². The van der Waals surface area contributed by atoms with Crippen LogP contribution in [-0.2, 0) is 41.8 Å². The average Bonchev–Trinajstić information content (AvgIpc) is 3.90. The van der Waals surface area contributed by atoms with Crippen LogP contribution in [0, 0.1) is 17.2 Å². The number of fused-ring (bicyclic) bond motifs is 1. The number of methoxy groups -OCH3 is 1. The van der Waals surface area contributed by atoms with Crippen molar-refractivity contribution >= 4 is 73.8 Å². The number of benzene rings is 1. The topological polar surface area (TPSA) is 356 Å². The number of nitrogens with two attached hydrogens (primary N) is 1. The Morgan fingerprint density at radius 2 is 1.68 bits per heavy atom. The number of anilines is 1. The van der Waals surface area contributed by atoms with Crippen LogP contribution in [0.15, 0.2) is 79.4 Å². The van der Waals surface area contributed by atoms with Gasteiger partial charge in [0.25, 0.3) is 11.8 Å². The van der Waals surface area contributed by atoms with Crippen LogP contribution in [0.3, 0.4) is 0 Å². The van der Waals surface area contributed by atoms with E-state index >= 15 is 0 Å². The van der Waals surface area contributed by atoms with Gasteiger partial charge in [-0.1, -0.05) is 40.6 Å². The minimum absolute atomic E-state index is 0.0327. The zero-order valence-corrected chi connectivity index (χ0v) is 45.7. The smallest absolute Gasteiger partial charge is 0.407 e. The number of likely N-dealkylation sites (tertiary alicyclic amines) is 1. The molecule has 0 bridgehead atoms. The summed E-state index contributed by atoms with van der Waals surface area (Å²) in [7, 11) is 3.94. The van der Waals surface area contributed by atoms with Crippen LogP contribution in [0.5, 0.6) is 5.88 Å². The summed E-state index contributed by atoms with van der Waals surface area (Å²) in [6.07, 6.45) is 0.197. The number of carbonyl (C=O) groups is 6. The lowest BCUT2D eigenvalue weighted by molar-refractivity contribution is -0.238. The van der Waals surface area contributed by atoms with Crippen LogP contribution in [0.4, 0.5) is 19.3 Å². The Hall–Kier alpha value is -7.81. The number of pyridine rings is 4. The van der Waals surface area contributed by atoms with Gasteiger partial charge >= 0.3 is 6.09 Å². The Morgan fingerprint density at radius 3 is 2.41 bits per heavy atom. The van der Waals surface area contributed by atoms with E-state index in [1.807, 2.05) is 30.3 Å². The van der Waals surface area contributed by atoms with Gasteiger partial charge in [-0.2, -0.15) is 5.26 Å². The van der Waals surface area contributed by atoms with Crippen molar-refractivity contribution in [1.82, 2.24) is 51.4 Å². The second-order valence-corrected chi connectivity index (χ2v) is 21.6. The number of nitrogens with one attached hydrogen (secondary N) is 5. The van der Waals surface area contributed by atoms with E-state index in [1.165, 1.54) is 60.9 Å². The van der Waals surface area contributed by atoms with E-state index in [2.05, 4.69) is 46.5 Å². The third kappa shape index (κ3) is 16.2. The first kappa shape index (κ1) is 60.8. The van der Waals surface area contributed by atoms with E-state index in [1.54, 1.807) is 36.8 Å². The van der Waals surface area contributed by atoms with Crippen molar-refractivity contribution in [2.24, 2.45) is 5.92 Å². The van der Waals surface area contributed by atoms with Gasteiger partial charge in [-0.25, -0.2) is 18.6 Å². The fraction of sp³-hybridized carbons (Fsp3) is 0.415. The molecule has 2 aliphatic rings. The standard InChI is InChI=1S/C53H60F2N12O12S2/c1-28-46(71)45(42(24-68)79-51(28)75)66-48(73)41(65-44(70)9-8-43(69)62-23-35-16-31(10-12-58-35)47(72)64-29(2)50(74)67-27-53(54,55)19-36(67)20-56)26-81-80-15-14-60-52(76)78-25-34-6-4-32(21-61-34)37-11-13-59-40-7-5-30(17-38(37)40)33-18-39(57)49(77-3)63-22-33/h4-7,10-13,16-18,21-22,28-29,36,41-42,45-46,51,68,71,75H,8-9,14-15,19,23-27,57H2,1-3H3,(H,60,76)(H,62,69)(H,64,72)(H,65,70)(H,66,73)/t28-,29?,36-,41?,42-,45-,46-,51?/m0/s1. The van der Waals surface area contributed by atoms with E-state index in [0.29, 0.717) is 23.0 Å². The third-order valence-electron chi connectivity index (χ3n) is 13.2. The molecule has 430 valence electrons. The van der Waals surface area contributed by atoms with Crippen LogP contribution < -0.4 is 37.1 Å². The van der Waals surface area contributed by atoms with Crippen LogP contribution in [0.1, 0.15) is 54.9 Å². The monoisotopic (exact) mass is 1160 g/mol. The number of nitrogen functional groups attached to an aromatic ring is 1. The van der Waals surface area contributed by atoms with Crippen LogP contribution in [-0.4, -0.2) is 163 Å². The zero-order valence-electron chi connectivity index (χ0n) is 44.0. The predicted molar refractivity (Wildman–Crippen MR) is 292 cm³/mol. The highest BCUT2D eigenvalue weighted by atomic mass is 33.1. The summed E-state index contributed by atoms with van der Waals surface area (Å²) in [4.78, 5) is 96.5. The number of ether oxygens (including phenoxy) is 3. The number of aliphatic hydroxyl groups is 3. The number of rotatable bonds is 23. The van der Waals surface area contributed by atoms with Gasteiger partial charge in [0.15, 0.2) is 6.29 Å². The van der Waals surface area contributed by atoms with Gasteiger partial charge in [-0.15, -0.1) is 0 Å². The molecule has 7 rings (SSSR count). The van der Waals surface area contributed by atoms with Gasteiger partial charge in [-0.05, 0) is 60.5 Å². The number of hydrogen-bond donors (Lipinski definition) is 9. The lowest BCUT2D eigenvalue weighted by Gasteiger charge is -2.41. The van der Waals surface area contributed by atoms with Crippen molar-refractivity contribution in [3.8, 4) is 34.2 Å². The van der Waals surface area contributed by atoms with Gasteiger partial charge < -0.3 is 66.7 Å². The summed E-state index contributed by atoms with van der Waals surface area (Å²) in [5.74, 6) is -7.08. The number of halogens is 2. The molecule has 5 aromatic rings. The third-order valence-corrected chi connectivity index (χ3v) is 15.6. The maximum absolute atomic E-state index is 13.9. The van der Waals surface area contributed by atoms with E-state index < -0.39 is 110 Å². The van der Waals surface area contributed by atoms with E-state index in [0.717, 1.165) is 38.1 Å². The number of aliphatic hydroxyl groups excluding tert-OH is 3. The molecule has 2 fully saturated rings. The van der Waals surface area contributed by atoms with Crippen molar-refractivity contribution in [3.63, 3.8) is 0 Å². The van der Waals surface area contributed by atoms with Crippen molar-refractivity contribution in [2.75, 3.05) is 44.0 Å². The highest BCUT2D eigenvalue weighted by Gasteiger charge is 2.48. The van der Waals surface area contributed by atoms with Crippen molar-refractivity contribution in [1.29, 1.82) is 5.26 Å². The Kier molecular flexibility index (Phi) is 21.1. The number of alkyl carbamates (subject to hydrolysis) is 1. The number of hydrogen-bond acceptors (Lipinski definition) is 20. The molecule has 6 amide bonds. The summed E-state index contributed by atoms with van der Waals surface area (Å²) < 4.78 is 43.8. The maximum atomic E-state index is 13.9. The summed E-state index contributed by atoms with van der Waals surface area (Å²) in [5.41, 5.74) is 11.4. The second kappa shape index (κ2) is 28.1. The molecule has 0 aliphatic carbocycles. The SMILES string of the molecule is COc1ncc(-c2ccc3nccc(-c4ccc(COC(=O)NCCSSCC(NC(=O)CCC(=O)NCc5cc(C(=O)NC(C)C(=O)N6CC(F)(F)C[C@H]6C#N)ccn5)C(=O)N[C@@H]5[C@@H](O)[C@H](C)C(O)O[C@H]5CO)nc4)c3c2)cc1N. The molecular weight excluding hydrogens is 1100 g/mol. The fourth-order valence-corrected chi connectivity index (χ4v) is 10.8. The molecule has 1 aromatic carbocycles. The molecule has 8 atom stereocenters. The molecule has 3 unspecified atom stereocenters. The molecule has 2 aliphatic heterocycles. The number of nitrogens with zero attached hydrogens (tertiary/aromatic N) is 6. The molecule has 2 saturated heterocycles. The Labute approximate surface area is 471 Å². The lowest BCUT2D eigenvalue weighted by Crippen LogP contribution is -2.64. The van der Waals surface area contributed by atoms with Crippen LogP contribution >= 0.6 is 21.6 Å². The Bertz CT molecular complexity index is 3120. The fourth-order valence-electron chi connectivity index (χ4n) is 8.73. The molecular formula is C53H60F2N12O12S2. The molecule has 0 spiro atoms. The lowest BCUT2D eigenvalue weighted by atomic mass is 9.90. The van der Waals surface area contributed by atoms with Crippen LogP contribution in [0.2, 0.25) is 0 Å². The summed E-state index contributed by atoms with van der Waals surface area (Å²) in [6.45, 7) is 1.05. The largest absolute Gasteiger partial charge is 0.480 e. The quantitative estimate of drug-likeness (QED) is 0.0335. The molecule has 24 nitrogen and oxygen atoms in total. The minimum atomic E-state index is -3.23. The Balaban J connectivity index is 0.861. The van der Waals surface area contributed by atoms with Gasteiger partial charge in [0.05, 0.1) is 67.6 Å². The first-order chi connectivity index (χ1) is 38.8. The predicted octanol–water partition coefficient (Wildman–Crippen LogP) is 2.60. The maximum Gasteiger partial charge on any atom is 0.407 e. The Morgan fingerprint density at radius 1 is 0.926 bits per heavy atom. The minimum Gasteiger partial charge on any atom is -0.480 e. The molecule has 4 aromatic heterocycles. The average molecular weight is 1160 g/mol. The van der Waals surface area contributed by atoms with E-state index in [9.17, 15) is 58.1 Å². The first-order valence-electron chi connectivity index (χ1n) is 25.4. The van der Waals surface area contributed by atoms with Gasteiger partial charge in [0.2, 0.25) is 29.5 Å². The molecule has 81 heavy (non-hydrogen) atoms. The highest BCUT2D eigenvalue weighted by Crippen LogP contribution is 2.34. The normalized spacial score (nSPS) is 20.0. The highest BCUT2D eigenvalue weighted by molar-refractivity contribution is 8.76. The van der Waals surface area contributed by atoms with Gasteiger partial charge in [0, 0.05) is 90.1 Å². The van der Waals surface area contributed by atoms with Crippen LogP contribution in [0.25, 0.3) is 33.2 Å². The molecule has 28 heteroatoms. The number of alkyl halides is 2. The number of aromatic nitrogens is 4. The summed E-state index contributed by atoms with van der Waals surface area (Å²) in [6, 6.07) is 12.5. The van der Waals surface area contributed by atoms with Crippen molar-refractivity contribution in [3.05, 3.63) is 96.3 Å². The summed E-state index contributed by atoms with van der Waals surface area (Å²) in [5, 5.41) is 54.0. The first-order valence-corrected chi connectivity index (χ1v) is 27.9. The number of nitriles is 1. The van der Waals surface area contributed by atoms with Gasteiger partial charge in [-0.3, -0.25) is 38.9 Å². The molecule has 0 saturated carbocycles. The number of carbonyl (C=O) groups excluding carboxylic acids is 6. The molecule has 10 N–H and O–H groups in total. The molecule has 0 radical (unpaired) electrons. The second-order valence-electron chi connectivity index (χ2n) is 19.0. The van der Waals surface area contributed by atoms with E-state index in [4.69, 9.17) is 19.9 Å². The van der Waals surface area contributed by atoms with Crippen molar-refractivity contribution < 1.29 is 67.1 Å².